The third-order valence-corrected chi connectivity index (χ3v) is 3.51. The Hall–Kier alpha value is -2.89. The van der Waals surface area contributed by atoms with E-state index in [-0.39, 0.29) is 5.69 Å². The van der Waals surface area contributed by atoms with Crippen LogP contribution in [0.5, 0.6) is 0 Å². The van der Waals surface area contributed by atoms with Crippen LogP contribution in [0.2, 0.25) is 0 Å². The van der Waals surface area contributed by atoms with Gasteiger partial charge in [-0.25, -0.2) is 14.2 Å². The first-order chi connectivity index (χ1) is 11.2. The number of amides is 2. The summed E-state index contributed by atoms with van der Waals surface area (Å²) in [5, 5.41) is 6.30. The lowest BCUT2D eigenvalue weighted by Gasteiger charge is -2.09. The van der Waals surface area contributed by atoms with Crippen LogP contribution in [-0.4, -0.2) is 22.1 Å². The number of hydrogen-bond donors (Lipinski definition) is 2. The van der Waals surface area contributed by atoms with E-state index in [9.17, 15) is 9.18 Å². The van der Waals surface area contributed by atoms with Gasteiger partial charge < -0.3 is 15.2 Å². The molecule has 0 spiro atoms. The summed E-state index contributed by atoms with van der Waals surface area (Å²) in [6.07, 6.45) is 4.50. The minimum Gasteiger partial charge on any atom is -0.338 e. The van der Waals surface area contributed by atoms with E-state index >= 15 is 0 Å². The van der Waals surface area contributed by atoms with Crippen LogP contribution in [0.25, 0.3) is 11.0 Å². The molecule has 0 atom stereocenters. The van der Waals surface area contributed by atoms with Gasteiger partial charge in [0, 0.05) is 30.9 Å². The molecule has 0 fully saturated rings. The molecule has 2 N–H and O–H groups in total. The van der Waals surface area contributed by atoms with E-state index in [0.717, 1.165) is 24.0 Å². The van der Waals surface area contributed by atoms with Crippen LogP contribution in [0.15, 0.2) is 54.9 Å². The second kappa shape index (κ2) is 6.91. The number of urea groups is 1. The summed E-state index contributed by atoms with van der Waals surface area (Å²) in [6.45, 7) is 1.24. The number of aryl methyl sites for hydroxylation is 1. The van der Waals surface area contributed by atoms with Crippen LogP contribution in [0.4, 0.5) is 14.9 Å². The minimum absolute atomic E-state index is 0.172. The summed E-state index contributed by atoms with van der Waals surface area (Å²) < 4.78 is 15.5. The highest BCUT2D eigenvalue weighted by atomic mass is 19.1. The Kier molecular flexibility index (Phi) is 4.52. The van der Waals surface area contributed by atoms with Gasteiger partial charge in [-0.3, -0.25) is 0 Å². The lowest BCUT2D eigenvalue weighted by atomic mass is 10.3. The predicted molar refractivity (Wildman–Crippen MR) is 87.8 cm³/mol. The Balaban J connectivity index is 1.46. The highest BCUT2D eigenvalue weighted by Crippen LogP contribution is 2.13. The Morgan fingerprint density at radius 3 is 2.91 bits per heavy atom. The second-order valence-corrected chi connectivity index (χ2v) is 5.14. The van der Waals surface area contributed by atoms with Crippen LogP contribution in [0.3, 0.4) is 0 Å². The molecule has 0 aliphatic rings. The summed E-state index contributed by atoms with van der Waals surface area (Å²) in [4.78, 5) is 16.1. The number of anilines is 1. The van der Waals surface area contributed by atoms with Gasteiger partial charge in [-0.05, 0) is 36.8 Å². The molecule has 2 amide bonds. The van der Waals surface area contributed by atoms with Crippen LogP contribution in [-0.2, 0) is 6.54 Å². The molecule has 2 aromatic heterocycles. The summed E-state index contributed by atoms with van der Waals surface area (Å²) in [7, 11) is 0. The maximum atomic E-state index is 13.4. The van der Waals surface area contributed by atoms with Crippen LogP contribution in [0, 0.1) is 5.82 Å². The number of carbonyl (C=O) groups excluding carboxylic acids is 1. The fourth-order valence-electron chi connectivity index (χ4n) is 2.38. The minimum atomic E-state index is -0.451. The zero-order valence-electron chi connectivity index (χ0n) is 12.5. The SMILES string of the molecule is O=C(NCCCn1ccc2cccnc21)Nc1ccccc1F. The average Bonchev–Trinajstić information content (AvgIpc) is 2.97. The van der Waals surface area contributed by atoms with Crippen molar-refractivity contribution in [2.75, 3.05) is 11.9 Å². The summed E-state index contributed by atoms with van der Waals surface area (Å²) in [5.74, 6) is -0.451. The lowest BCUT2D eigenvalue weighted by Crippen LogP contribution is -2.30. The smallest absolute Gasteiger partial charge is 0.319 e. The topological polar surface area (TPSA) is 59.0 Å². The molecule has 0 bridgehead atoms. The third kappa shape index (κ3) is 3.66. The number of halogens is 1. The number of hydrogen-bond acceptors (Lipinski definition) is 2. The number of para-hydroxylation sites is 1. The van der Waals surface area contributed by atoms with E-state index in [1.54, 1.807) is 18.3 Å². The van der Waals surface area contributed by atoms with Gasteiger partial charge in [-0.1, -0.05) is 12.1 Å². The van der Waals surface area contributed by atoms with Crippen molar-refractivity contribution >= 4 is 22.8 Å². The molecule has 2 heterocycles. The van der Waals surface area contributed by atoms with E-state index in [1.807, 2.05) is 29.0 Å². The quantitative estimate of drug-likeness (QED) is 0.710. The Morgan fingerprint density at radius 1 is 1.17 bits per heavy atom. The van der Waals surface area contributed by atoms with E-state index in [1.165, 1.54) is 12.1 Å². The predicted octanol–water partition coefficient (Wildman–Crippen LogP) is 3.39. The molecule has 3 aromatic rings. The van der Waals surface area contributed by atoms with E-state index in [2.05, 4.69) is 15.6 Å². The Bertz CT molecular complexity index is 815. The van der Waals surface area contributed by atoms with Crippen molar-refractivity contribution in [2.45, 2.75) is 13.0 Å². The van der Waals surface area contributed by atoms with Crippen molar-refractivity contribution in [3.63, 3.8) is 0 Å². The van der Waals surface area contributed by atoms with Crippen molar-refractivity contribution in [1.29, 1.82) is 0 Å². The van der Waals surface area contributed by atoms with Crippen molar-refractivity contribution in [3.8, 4) is 0 Å². The third-order valence-electron chi connectivity index (χ3n) is 3.51. The number of rotatable bonds is 5. The fourth-order valence-corrected chi connectivity index (χ4v) is 2.38. The number of aromatic nitrogens is 2. The average molecular weight is 312 g/mol. The molecule has 1 aromatic carbocycles. The van der Waals surface area contributed by atoms with Gasteiger partial charge in [0.1, 0.15) is 11.5 Å². The molecule has 0 radical (unpaired) electrons. The van der Waals surface area contributed by atoms with Crippen molar-refractivity contribution in [1.82, 2.24) is 14.9 Å². The molecule has 0 saturated carbocycles. The zero-order valence-corrected chi connectivity index (χ0v) is 12.5. The standard InChI is InChI=1S/C17H17FN4O/c18-14-6-1-2-7-15(14)21-17(23)20-10-4-11-22-12-8-13-5-3-9-19-16(13)22/h1-3,5-9,12H,4,10-11H2,(H2,20,21,23). The second-order valence-electron chi connectivity index (χ2n) is 5.14. The van der Waals surface area contributed by atoms with E-state index < -0.39 is 11.8 Å². The summed E-state index contributed by atoms with van der Waals surface area (Å²) in [6, 6.07) is 11.6. The van der Waals surface area contributed by atoms with Gasteiger partial charge in [-0.2, -0.15) is 0 Å². The summed E-state index contributed by atoms with van der Waals surface area (Å²) >= 11 is 0. The van der Waals surface area contributed by atoms with Crippen LogP contribution < -0.4 is 10.6 Å². The van der Waals surface area contributed by atoms with Crippen LogP contribution >= 0.6 is 0 Å². The molecule has 118 valence electrons. The van der Waals surface area contributed by atoms with Gasteiger partial charge in [0.2, 0.25) is 0 Å². The highest BCUT2D eigenvalue weighted by Gasteiger charge is 2.05. The Labute approximate surface area is 133 Å². The molecule has 0 aliphatic heterocycles. The zero-order chi connectivity index (χ0) is 16.1. The number of benzene rings is 1. The number of fused-ring (bicyclic) bond motifs is 1. The van der Waals surface area contributed by atoms with Crippen molar-refractivity contribution < 1.29 is 9.18 Å². The molecule has 5 nitrogen and oxygen atoms in total. The largest absolute Gasteiger partial charge is 0.338 e. The van der Waals surface area contributed by atoms with Crippen molar-refractivity contribution in [3.05, 3.63) is 60.7 Å². The monoisotopic (exact) mass is 312 g/mol. The molecule has 23 heavy (non-hydrogen) atoms. The highest BCUT2D eigenvalue weighted by molar-refractivity contribution is 5.89. The number of carbonyl (C=O) groups is 1. The molecule has 6 heteroatoms. The van der Waals surface area contributed by atoms with Gasteiger partial charge in [0.05, 0.1) is 5.69 Å². The molecule has 0 unspecified atom stereocenters. The fraction of sp³-hybridized carbons (Fsp3) is 0.176. The lowest BCUT2D eigenvalue weighted by molar-refractivity contribution is 0.251. The number of nitrogens with one attached hydrogen (secondary N) is 2. The first-order valence-electron chi connectivity index (χ1n) is 7.43. The Morgan fingerprint density at radius 2 is 2.04 bits per heavy atom. The molecule has 3 rings (SSSR count). The molecular formula is C17H17FN4O. The first kappa shape index (κ1) is 15.0. The molecule has 0 saturated heterocycles. The van der Waals surface area contributed by atoms with Gasteiger partial charge in [-0.15, -0.1) is 0 Å². The van der Waals surface area contributed by atoms with E-state index in [0.29, 0.717) is 6.54 Å². The van der Waals surface area contributed by atoms with Crippen molar-refractivity contribution in [2.24, 2.45) is 0 Å². The van der Waals surface area contributed by atoms with Gasteiger partial charge in [0.15, 0.2) is 0 Å². The maximum Gasteiger partial charge on any atom is 0.319 e. The van der Waals surface area contributed by atoms with Gasteiger partial charge in [0.25, 0.3) is 0 Å². The van der Waals surface area contributed by atoms with Crippen LogP contribution in [0.1, 0.15) is 6.42 Å². The maximum absolute atomic E-state index is 13.4. The molecular weight excluding hydrogens is 295 g/mol. The first-order valence-corrected chi connectivity index (χ1v) is 7.43. The van der Waals surface area contributed by atoms with Gasteiger partial charge >= 0.3 is 6.03 Å². The molecule has 0 aliphatic carbocycles. The van der Waals surface area contributed by atoms with E-state index in [4.69, 9.17) is 0 Å². The normalized spacial score (nSPS) is 10.7. The number of nitrogens with zero attached hydrogens (tertiary/aromatic N) is 2. The number of pyridine rings is 1. The summed E-state index contributed by atoms with van der Waals surface area (Å²) in [5.41, 5.74) is 1.11.